The lowest BCUT2D eigenvalue weighted by Gasteiger charge is -2.35. The van der Waals surface area contributed by atoms with Crippen LogP contribution in [0.2, 0.25) is 0 Å². The predicted molar refractivity (Wildman–Crippen MR) is 80.8 cm³/mol. The number of halogens is 1. The smallest absolute Gasteiger partial charge is 0.240 e. The van der Waals surface area contributed by atoms with Crippen LogP contribution in [0.25, 0.3) is 0 Å². The van der Waals surface area contributed by atoms with Crippen molar-refractivity contribution >= 4 is 15.7 Å². The molecule has 0 bridgehead atoms. The molecule has 22 heavy (non-hydrogen) atoms. The molecule has 1 saturated heterocycles. The van der Waals surface area contributed by atoms with E-state index in [0.717, 1.165) is 0 Å². The van der Waals surface area contributed by atoms with Crippen molar-refractivity contribution in [1.82, 2.24) is 0 Å². The fourth-order valence-corrected chi connectivity index (χ4v) is 3.12. The highest BCUT2D eigenvalue weighted by Gasteiger charge is 2.27. The van der Waals surface area contributed by atoms with Crippen LogP contribution in [-0.4, -0.2) is 46.9 Å². The number of rotatable bonds is 5. The zero-order valence-electron chi connectivity index (χ0n) is 12.7. The van der Waals surface area contributed by atoms with E-state index in [1.807, 2.05) is 13.8 Å². The average Bonchev–Trinajstić information content (AvgIpc) is 2.44. The van der Waals surface area contributed by atoms with Crippen molar-refractivity contribution in [2.75, 3.05) is 31.2 Å². The van der Waals surface area contributed by atoms with Crippen molar-refractivity contribution in [3.8, 4) is 0 Å². The van der Waals surface area contributed by atoms with Gasteiger partial charge in [0.15, 0.2) is 0 Å². The Hall–Kier alpha value is -1.22. The van der Waals surface area contributed by atoms with Gasteiger partial charge in [-0.1, -0.05) is 6.07 Å². The molecule has 1 aliphatic rings. The highest BCUT2D eigenvalue weighted by atomic mass is 32.2. The summed E-state index contributed by atoms with van der Waals surface area (Å²) in [6.45, 7) is 5.29. The number of para-hydroxylation sites is 1. The molecule has 1 unspecified atom stereocenters. The van der Waals surface area contributed by atoms with Crippen LogP contribution >= 0.6 is 0 Å². The van der Waals surface area contributed by atoms with Gasteiger partial charge in [-0.25, -0.2) is 17.9 Å². The SMILES string of the molecule is CC(C)OCC1CN(c2c(F)cccc2S(N)(=O)=O)CCO1. The largest absolute Gasteiger partial charge is 0.376 e. The van der Waals surface area contributed by atoms with E-state index in [1.54, 1.807) is 4.90 Å². The lowest BCUT2D eigenvalue weighted by Crippen LogP contribution is -2.45. The maximum atomic E-state index is 14.2. The first-order valence-electron chi connectivity index (χ1n) is 7.08. The van der Waals surface area contributed by atoms with Gasteiger partial charge in [-0.3, -0.25) is 0 Å². The maximum absolute atomic E-state index is 14.2. The summed E-state index contributed by atoms with van der Waals surface area (Å²) in [5, 5.41) is 5.19. The van der Waals surface area contributed by atoms with E-state index in [9.17, 15) is 12.8 Å². The molecule has 1 atom stereocenters. The summed E-state index contributed by atoms with van der Waals surface area (Å²) in [5.41, 5.74) is 0.00264. The zero-order chi connectivity index (χ0) is 16.3. The molecule has 0 aliphatic carbocycles. The number of hydrogen-bond acceptors (Lipinski definition) is 5. The number of nitrogens with zero attached hydrogens (tertiary/aromatic N) is 1. The number of benzene rings is 1. The molecule has 2 rings (SSSR count). The molecule has 0 aromatic heterocycles. The Kier molecular flexibility index (Phi) is 5.38. The van der Waals surface area contributed by atoms with Crippen LogP contribution in [0.1, 0.15) is 13.8 Å². The number of anilines is 1. The second-order valence-electron chi connectivity index (χ2n) is 5.45. The lowest BCUT2D eigenvalue weighted by molar-refractivity contribution is -0.0407. The molecule has 1 aromatic carbocycles. The van der Waals surface area contributed by atoms with Gasteiger partial charge in [-0.05, 0) is 26.0 Å². The van der Waals surface area contributed by atoms with E-state index in [2.05, 4.69) is 0 Å². The Morgan fingerprint density at radius 3 is 2.86 bits per heavy atom. The number of ether oxygens (including phenoxy) is 2. The molecular formula is C14H21FN2O4S. The van der Waals surface area contributed by atoms with Crippen molar-refractivity contribution in [3.05, 3.63) is 24.0 Å². The third-order valence-corrected chi connectivity index (χ3v) is 4.27. The normalized spacial score (nSPS) is 19.7. The van der Waals surface area contributed by atoms with Crippen LogP contribution in [0.5, 0.6) is 0 Å². The van der Waals surface area contributed by atoms with Crippen molar-refractivity contribution in [2.24, 2.45) is 5.14 Å². The summed E-state index contributed by atoms with van der Waals surface area (Å²) in [7, 11) is -4.00. The molecule has 0 spiro atoms. The summed E-state index contributed by atoms with van der Waals surface area (Å²) in [4.78, 5) is 1.44. The standard InChI is InChI=1S/C14H21FN2O4S/c1-10(2)21-9-11-8-17(6-7-20-11)14-12(15)4-3-5-13(14)22(16,18)19/h3-5,10-11H,6-9H2,1-2H3,(H2,16,18,19). The van der Waals surface area contributed by atoms with E-state index in [1.165, 1.54) is 18.2 Å². The van der Waals surface area contributed by atoms with Crippen LogP contribution in [0.15, 0.2) is 23.1 Å². The highest BCUT2D eigenvalue weighted by Crippen LogP contribution is 2.29. The monoisotopic (exact) mass is 332 g/mol. The Morgan fingerprint density at radius 1 is 1.50 bits per heavy atom. The number of hydrogen-bond donors (Lipinski definition) is 1. The summed E-state index contributed by atoms with van der Waals surface area (Å²) in [6.07, 6.45) is -0.184. The zero-order valence-corrected chi connectivity index (χ0v) is 13.5. The minimum Gasteiger partial charge on any atom is -0.376 e. The molecule has 1 heterocycles. The molecule has 1 aromatic rings. The first-order valence-corrected chi connectivity index (χ1v) is 8.63. The average molecular weight is 332 g/mol. The summed E-state index contributed by atoms with van der Waals surface area (Å²) < 4.78 is 48.6. The van der Waals surface area contributed by atoms with Crippen LogP contribution in [0.3, 0.4) is 0 Å². The quantitative estimate of drug-likeness (QED) is 0.873. The maximum Gasteiger partial charge on any atom is 0.240 e. The number of primary sulfonamides is 1. The molecule has 124 valence electrons. The second kappa shape index (κ2) is 6.91. The first-order chi connectivity index (χ1) is 10.3. The van der Waals surface area contributed by atoms with Gasteiger partial charge in [0.05, 0.1) is 31.1 Å². The molecule has 2 N–H and O–H groups in total. The van der Waals surface area contributed by atoms with Gasteiger partial charge < -0.3 is 14.4 Å². The Morgan fingerprint density at radius 2 is 2.23 bits per heavy atom. The molecule has 6 nitrogen and oxygen atoms in total. The third kappa shape index (κ3) is 4.16. The predicted octanol–water partition coefficient (Wildman–Crippen LogP) is 1.10. The van der Waals surface area contributed by atoms with Gasteiger partial charge in [0, 0.05) is 13.1 Å². The van der Waals surface area contributed by atoms with Crippen molar-refractivity contribution < 1.29 is 22.3 Å². The van der Waals surface area contributed by atoms with E-state index < -0.39 is 15.8 Å². The lowest BCUT2D eigenvalue weighted by atomic mass is 10.2. The third-order valence-electron chi connectivity index (χ3n) is 3.33. The second-order valence-corrected chi connectivity index (χ2v) is 6.98. The Balaban J connectivity index is 2.24. The molecule has 0 amide bonds. The van der Waals surface area contributed by atoms with Gasteiger partial charge in [0.1, 0.15) is 10.7 Å². The van der Waals surface area contributed by atoms with Crippen LogP contribution in [-0.2, 0) is 19.5 Å². The number of sulfonamides is 1. The Labute approximate surface area is 130 Å². The Bertz CT molecular complexity index is 621. The van der Waals surface area contributed by atoms with Gasteiger partial charge in [-0.2, -0.15) is 0 Å². The molecule has 0 radical (unpaired) electrons. The summed E-state index contributed by atoms with van der Waals surface area (Å²) >= 11 is 0. The minimum absolute atomic E-state index is 0.00264. The van der Waals surface area contributed by atoms with E-state index >= 15 is 0 Å². The highest BCUT2D eigenvalue weighted by molar-refractivity contribution is 7.89. The van der Waals surface area contributed by atoms with Crippen LogP contribution in [0, 0.1) is 5.82 Å². The van der Waals surface area contributed by atoms with Crippen LogP contribution < -0.4 is 10.0 Å². The summed E-state index contributed by atoms with van der Waals surface area (Å²) in [5.74, 6) is -0.614. The van der Waals surface area contributed by atoms with Crippen molar-refractivity contribution in [3.63, 3.8) is 0 Å². The van der Waals surface area contributed by atoms with Crippen LogP contribution in [0.4, 0.5) is 10.1 Å². The number of nitrogens with two attached hydrogens (primary N) is 1. The first kappa shape index (κ1) is 17.1. The van der Waals surface area contributed by atoms with Crippen molar-refractivity contribution in [2.45, 2.75) is 31.0 Å². The number of morpholine rings is 1. The molecule has 1 aliphatic heterocycles. The summed E-state index contributed by atoms with van der Waals surface area (Å²) in [6, 6.07) is 3.86. The van der Waals surface area contributed by atoms with Gasteiger partial charge in [0.2, 0.25) is 10.0 Å². The minimum atomic E-state index is -4.00. The topological polar surface area (TPSA) is 81.9 Å². The van der Waals surface area contributed by atoms with Gasteiger partial charge in [0.25, 0.3) is 0 Å². The van der Waals surface area contributed by atoms with Crippen molar-refractivity contribution in [1.29, 1.82) is 0 Å². The van der Waals surface area contributed by atoms with E-state index in [0.29, 0.717) is 26.3 Å². The molecule has 1 fully saturated rings. The van der Waals surface area contributed by atoms with Gasteiger partial charge >= 0.3 is 0 Å². The molecule has 8 heteroatoms. The fraction of sp³-hybridized carbons (Fsp3) is 0.571. The van der Waals surface area contributed by atoms with E-state index in [4.69, 9.17) is 14.6 Å². The van der Waals surface area contributed by atoms with E-state index in [-0.39, 0.29) is 22.8 Å². The fourth-order valence-electron chi connectivity index (χ4n) is 2.36. The van der Waals surface area contributed by atoms with Gasteiger partial charge in [-0.15, -0.1) is 0 Å². The molecular weight excluding hydrogens is 311 g/mol. The molecule has 0 saturated carbocycles.